The van der Waals surface area contributed by atoms with E-state index in [-0.39, 0.29) is 17.4 Å². The SMILES string of the molecule is O=C(O)N1CCC2(CC1)CN(C(=O)c1ccc3n[nH]nc3c1)C2Cc1cncc(Cl)c1. The molecule has 1 unspecified atom stereocenters. The topological polar surface area (TPSA) is 115 Å². The second-order valence-corrected chi connectivity index (χ2v) is 8.76. The van der Waals surface area contributed by atoms with Gasteiger partial charge in [0.1, 0.15) is 11.0 Å². The Morgan fingerprint density at radius 3 is 2.68 bits per heavy atom. The van der Waals surface area contributed by atoms with Crippen LogP contribution in [0, 0.1) is 5.41 Å². The fraction of sp³-hybridized carbons (Fsp3) is 0.381. The number of benzene rings is 1. The average Bonchev–Trinajstić information content (AvgIpc) is 3.24. The zero-order valence-electron chi connectivity index (χ0n) is 16.7. The minimum atomic E-state index is -0.890. The Kier molecular flexibility index (Phi) is 4.77. The third-order valence-electron chi connectivity index (χ3n) is 6.61. The van der Waals surface area contributed by atoms with Crippen molar-refractivity contribution >= 4 is 34.6 Å². The second kappa shape index (κ2) is 7.49. The fourth-order valence-electron chi connectivity index (χ4n) is 4.88. The van der Waals surface area contributed by atoms with Crippen LogP contribution in [0.25, 0.3) is 11.0 Å². The number of aromatic amines is 1. The Balaban J connectivity index is 1.42. The van der Waals surface area contributed by atoms with Crippen LogP contribution in [-0.4, -0.2) is 73.0 Å². The number of nitrogens with one attached hydrogen (secondary N) is 1. The summed E-state index contributed by atoms with van der Waals surface area (Å²) in [4.78, 5) is 32.2. The van der Waals surface area contributed by atoms with Crippen LogP contribution in [0.2, 0.25) is 5.02 Å². The Hall–Kier alpha value is -3.20. The summed E-state index contributed by atoms with van der Waals surface area (Å²) in [7, 11) is 0. The summed E-state index contributed by atoms with van der Waals surface area (Å²) in [5.41, 5.74) is 2.77. The van der Waals surface area contributed by atoms with Crippen molar-refractivity contribution in [3.8, 4) is 0 Å². The summed E-state index contributed by atoms with van der Waals surface area (Å²) in [6.45, 7) is 1.56. The molecular formula is C21H21ClN6O3. The molecule has 2 fully saturated rings. The number of hydrogen-bond acceptors (Lipinski definition) is 5. The zero-order chi connectivity index (χ0) is 21.6. The van der Waals surface area contributed by atoms with Gasteiger partial charge in [-0.25, -0.2) is 4.79 Å². The van der Waals surface area contributed by atoms with Crippen LogP contribution in [0.3, 0.4) is 0 Å². The molecule has 2 amide bonds. The summed E-state index contributed by atoms with van der Waals surface area (Å²) in [6.07, 6.45) is 4.54. The highest BCUT2D eigenvalue weighted by Crippen LogP contribution is 2.48. The lowest BCUT2D eigenvalue weighted by molar-refractivity contribution is -0.0835. The number of rotatable bonds is 3. The molecule has 4 heterocycles. The van der Waals surface area contributed by atoms with Gasteiger partial charge in [-0.3, -0.25) is 9.78 Å². The van der Waals surface area contributed by atoms with Gasteiger partial charge in [-0.2, -0.15) is 15.4 Å². The first-order valence-corrected chi connectivity index (χ1v) is 10.5. The molecule has 0 radical (unpaired) electrons. The molecule has 2 saturated heterocycles. The van der Waals surface area contributed by atoms with E-state index in [4.69, 9.17) is 11.6 Å². The van der Waals surface area contributed by atoms with Gasteiger partial charge in [-0.15, -0.1) is 0 Å². The number of likely N-dealkylation sites (tertiary alicyclic amines) is 2. The van der Waals surface area contributed by atoms with Crippen LogP contribution in [-0.2, 0) is 6.42 Å². The van der Waals surface area contributed by atoms with Crippen LogP contribution < -0.4 is 0 Å². The summed E-state index contributed by atoms with van der Waals surface area (Å²) in [5.74, 6) is -0.0591. The van der Waals surface area contributed by atoms with E-state index in [0.717, 1.165) is 18.4 Å². The molecular weight excluding hydrogens is 420 g/mol. The lowest BCUT2D eigenvalue weighted by atomic mass is 9.63. The van der Waals surface area contributed by atoms with E-state index in [9.17, 15) is 14.7 Å². The number of fused-ring (bicyclic) bond motifs is 1. The number of nitrogens with zero attached hydrogens (tertiary/aromatic N) is 5. The molecule has 0 aliphatic carbocycles. The predicted octanol–water partition coefficient (Wildman–Crippen LogP) is 2.83. The number of aromatic nitrogens is 4. The van der Waals surface area contributed by atoms with Crippen LogP contribution in [0.15, 0.2) is 36.7 Å². The van der Waals surface area contributed by atoms with E-state index >= 15 is 0 Å². The van der Waals surface area contributed by atoms with Crippen molar-refractivity contribution in [3.05, 3.63) is 52.8 Å². The lowest BCUT2D eigenvalue weighted by Gasteiger charge is -2.60. The molecule has 2 N–H and O–H groups in total. The van der Waals surface area contributed by atoms with Gasteiger partial charge in [0, 0.05) is 49.0 Å². The number of piperidine rings is 1. The third-order valence-corrected chi connectivity index (χ3v) is 6.82. The van der Waals surface area contributed by atoms with E-state index in [1.54, 1.807) is 30.6 Å². The molecule has 1 atom stereocenters. The minimum Gasteiger partial charge on any atom is -0.465 e. The normalized spacial score (nSPS) is 20.1. The first-order valence-electron chi connectivity index (χ1n) is 10.1. The Morgan fingerprint density at radius 1 is 1.16 bits per heavy atom. The highest BCUT2D eigenvalue weighted by molar-refractivity contribution is 6.30. The average molecular weight is 441 g/mol. The molecule has 160 valence electrons. The van der Waals surface area contributed by atoms with Gasteiger partial charge in [0.05, 0.1) is 5.02 Å². The maximum absolute atomic E-state index is 13.4. The molecule has 1 aromatic carbocycles. The number of hydrogen-bond donors (Lipinski definition) is 2. The van der Waals surface area contributed by atoms with Crippen LogP contribution in [0.1, 0.15) is 28.8 Å². The monoisotopic (exact) mass is 440 g/mol. The molecule has 2 aromatic heterocycles. The van der Waals surface area contributed by atoms with Gasteiger partial charge in [0.2, 0.25) is 0 Å². The molecule has 0 bridgehead atoms. The molecule has 9 nitrogen and oxygen atoms in total. The number of carbonyl (C=O) groups is 2. The van der Waals surface area contributed by atoms with Crippen molar-refractivity contribution in [1.29, 1.82) is 0 Å². The van der Waals surface area contributed by atoms with E-state index < -0.39 is 6.09 Å². The number of carboxylic acid groups (broad SMARTS) is 1. The zero-order valence-corrected chi connectivity index (χ0v) is 17.4. The Morgan fingerprint density at radius 2 is 1.94 bits per heavy atom. The number of halogens is 1. The highest BCUT2D eigenvalue weighted by atomic mass is 35.5. The number of H-pyrrole nitrogens is 1. The number of carbonyl (C=O) groups excluding carboxylic acids is 1. The third kappa shape index (κ3) is 3.48. The molecule has 2 aliphatic heterocycles. The van der Waals surface area contributed by atoms with Crippen LogP contribution in [0.4, 0.5) is 4.79 Å². The van der Waals surface area contributed by atoms with Gasteiger partial charge in [0.15, 0.2) is 0 Å². The second-order valence-electron chi connectivity index (χ2n) is 8.32. The summed E-state index contributed by atoms with van der Waals surface area (Å²) in [6, 6.07) is 7.12. The van der Waals surface area contributed by atoms with Gasteiger partial charge < -0.3 is 14.9 Å². The fourth-order valence-corrected chi connectivity index (χ4v) is 5.07. The first-order chi connectivity index (χ1) is 14.9. The summed E-state index contributed by atoms with van der Waals surface area (Å²) in [5, 5.41) is 20.6. The highest BCUT2D eigenvalue weighted by Gasteiger charge is 2.55. The number of amides is 2. The number of pyridine rings is 1. The van der Waals surface area contributed by atoms with Gasteiger partial charge in [-0.05, 0) is 49.1 Å². The van der Waals surface area contributed by atoms with Crippen molar-refractivity contribution in [3.63, 3.8) is 0 Å². The summed E-state index contributed by atoms with van der Waals surface area (Å²) < 4.78 is 0. The first kappa shape index (κ1) is 19.7. The largest absolute Gasteiger partial charge is 0.465 e. The van der Waals surface area contributed by atoms with Crippen molar-refractivity contribution in [1.82, 2.24) is 30.2 Å². The van der Waals surface area contributed by atoms with Crippen LogP contribution >= 0.6 is 11.6 Å². The molecule has 1 spiro atoms. The maximum Gasteiger partial charge on any atom is 0.407 e. The molecule has 2 aliphatic rings. The predicted molar refractivity (Wildman–Crippen MR) is 113 cm³/mol. The Labute approximate surface area is 183 Å². The van der Waals surface area contributed by atoms with Gasteiger partial charge >= 0.3 is 6.09 Å². The standard InChI is InChI=1S/C21H21ClN6O3/c22-15-7-13(10-23-11-15)8-18-21(3-5-27(6-4-21)20(30)31)12-28(18)19(29)14-1-2-16-17(9-14)25-26-24-16/h1-2,7,9-11,18H,3-6,8,12H2,(H,30,31)(H,24,25,26). The van der Waals surface area contributed by atoms with Gasteiger partial charge in [-0.1, -0.05) is 11.6 Å². The molecule has 0 saturated carbocycles. The van der Waals surface area contributed by atoms with Crippen LogP contribution in [0.5, 0.6) is 0 Å². The van der Waals surface area contributed by atoms with Crippen molar-refractivity contribution in [2.24, 2.45) is 5.41 Å². The van der Waals surface area contributed by atoms with E-state index in [1.807, 2.05) is 11.0 Å². The van der Waals surface area contributed by atoms with Crippen molar-refractivity contribution in [2.45, 2.75) is 25.3 Å². The van der Waals surface area contributed by atoms with E-state index in [2.05, 4.69) is 20.4 Å². The van der Waals surface area contributed by atoms with E-state index in [0.29, 0.717) is 47.7 Å². The molecule has 10 heteroatoms. The van der Waals surface area contributed by atoms with Gasteiger partial charge in [0.25, 0.3) is 5.91 Å². The molecule has 5 rings (SSSR count). The van der Waals surface area contributed by atoms with Crippen molar-refractivity contribution in [2.75, 3.05) is 19.6 Å². The molecule has 31 heavy (non-hydrogen) atoms. The van der Waals surface area contributed by atoms with E-state index in [1.165, 1.54) is 4.90 Å². The lowest BCUT2D eigenvalue weighted by Crippen LogP contribution is -2.69. The quantitative estimate of drug-likeness (QED) is 0.647. The minimum absolute atomic E-state index is 0.0517. The summed E-state index contributed by atoms with van der Waals surface area (Å²) >= 11 is 6.13. The maximum atomic E-state index is 13.4. The molecule has 3 aromatic rings. The van der Waals surface area contributed by atoms with Crippen molar-refractivity contribution < 1.29 is 14.7 Å². The Bertz CT molecular complexity index is 1160. The smallest absolute Gasteiger partial charge is 0.407 e.